The van der Waals surface area contributed by atoms with E-state index in [1.165, 1.54) is 18.3 Å². The van der Waals surface area contributed by atoms with Crippen LogP contribution in [0.5, 0.6) is 0 Å². The lowest BCUT2D eigenvalue weighted by atomic mass is 9.97. The highest BCUT2D eigenvalue weighted by Gasteiger charge is 2.30. The average Bonchev–Trinajstić information content (AvgIpc) is 2.55. The van der Waals surface area contributed by atoms with Crippen LogP contribution in [0.2, 0.25) is 0 Å². The molecule has 0 spiro atoms. The van der Waals surface area contributed by atoms with Gasteiger partial charge in [-0.3, -0.25) is 4.79 Å². The summed E-state index contributed by atoms with van der Waals surface area (Å²) in [5, 5.41) is 6.12. The third-order valence-electron chi connectivity index (χ3n) is 3.44. The van der Waals surface area contributed by atoms with Gasteiger partial charge in [-0.1, -0.05) is 42.5 Å². The Labute approximate surface area is 129 Å². The van der Waals surface area contributed by atoms with E-state index >= 15 is 0 Å². The Morgan fingerprint density at radius 3 is 2.13 bits per heavy atom. The largest absolute Gasteiger partial charge is 0.416 e. The van der Waals surface area contributed by atoms with E-state index in [2.05, 4.69) is 10.2 Å². The molecule has 0 unspecified atom stereocenters. The van der Waals surface area contributed by atoms with Crippen molar-refractivity contribution in [1.29, 1.82) is 0 Å². The van der Waals surface area contributed by atoms with Gasteiger partial charge in [0.2, 0.25) is 0 Å². The number of rotatable bonds is 2. The van der Waals surface area contributed by atoms with Crippen molar-refractivity contribution >= 4 is 0 Å². The molecular weight excluding hydrogens is 305 g/mol. The number of H-pyrrole nitrogens is 1. The lowest BCUT2D eigenvalue weighted by Crippen LogP contribution is -2.12. The number of nitrogens with zero attached hydrogens (tertiary/aromatic N) is 1. The van der Waals surface area contributed by atoms with Crippen LogP contribution in [0.4, 0.5) is 13.2 Å². The van der Waals surface area contributed by atoms with Gasteiger partial charge < -0.3 is 0 Å². The molecule has 116 valence electrons. The van der Waals surface area contributed by atoms with E-state index < -0.39 is 17.3 Å². The van der Waals surface area contributed by atoms with Gasteiger partial charge in [-0.05, 0) is 23.3 Å². The van der Waals surface area contributed by atoms with Crippen molar-refractivity contribution in [2.45, 2.75) is 6.18 Å². The second kappa shape index (κ2) is 5.72. The van der Waals surface area contributed by atoms with Crippen LogP contribution >= 0.6 is 0 Å². The topological polar surface area (TPSA) is 45.8 Å². The second-order valence-corrected chi connectivity index (χ2v) is 4.93. The van der Waals surface area contributed by atoms with Crippen LogP contribution in [0.25, 0.3) is 22.3 Å². The Morgan fingerprint density at radius 2 is 1.52 bits per heavy atom. The standard InChI is InChI=1S/C17H11F3N2O/c18-17(19,20)13-8-6-11(7-9-13)14-10-21-22-16(23)15(14)12-4-2-1-3-5-12/h1-10H,(H,22,23). The minimum Gasteiger partial charge on any atom is -0.267 e. The highest BCUT2D eigenvalue weighted by atomic mass is 19.4. The fourth-order valence-electron chi connectivity index (χ4n) is 2.35. The summed E-state index contributed by atoms with van der Waals surface area (Å²) in [4.78, 5) is 12.1. The van der Waals surface area contributed by atoms with Crippen molar-refractivity contribution in [1.82, 2.24) is 10.2 Å². The summed E-state index contributed by atoms with van der Waals surface area (Å²) < 4.78 is 38.0. The Kier molecular flexibility index (Phi) is 3.73. The van der Waals surface area contributed by atoms with E-state index in [9.17, 15) is 18.0 Å². The van der Waals surface area contributed by atoms with Crippen LogP contribution in [-0.4, -0.2) is 10.2 Å². The van der Waals surface area contributed by atoms with Crippen LogP contribution in [0.1, 0.15) is 5.56 Å². The molecule has 1 heterocycles. The zero-order chi connectivity index (χ0) is 16.4. The molecule has 1 aromatic heterocycles. The van der Waals surface area contributed by atoms with Gasteiger partial charge >= 0.3 is 6.18 Å². The molecule has 0 radical (unpaired) electrons. The minimum absolute atomic E-state index is 0.375. The zero-order valence-electron chi connectivity index (χ0n) is 11.8. The fraction of sp³-hybridized carbons (Fsp3) is 0.0588. The molecule has 3 nitrogen and oxygen atoms in total. The maximum atomic E-state index is 12.7. The van der Waals surface area contributed by atoms with E-state index in [1.807, 2.05) is 6.07 Å². The number of nitrogens with one attached hydrogen (secondary N) is 1. The van der Waals surface area contributed by atoms with Crippen LogP contribution in [0, 0.1) is 0 Å². The van der Waals surface area contributed by atoms with Crippen LogP contribution in [0.3, 0.4) is 0 Å². The first-order chi connectivity index (χ1) is 11.0. The molecule has 0 saturated carbocycles. The molecule has 0 saturated heterocycles. The maximum Gasteiger partial charge on any atom is 0.416 e. The molecule has 2 aromatic carbocycles. The number of halogens is 3. The predicted molar refractivity (Wildman–Crippen MR) is 80.7 cm³/mol. The molecule has 0 amide bonds. The van der Waals surface area contributed by atoms with Gasteiger partial charge in [-0.15, -0.1) is 0 Å². The molecule has 0 fully saturated rings. The quantitative estimate of drug-likeness (QED) is 0.773. The molecule has 3 aromatic rings. The Hall–Kier alpha value is -2.89. The van der Waals surface area contributed by atoms with Crippen molar-refractivity contribution < 1.29 is 13.2 Å². The summed E-state index contributed by atoms with van der Waals surface area (Å²) >= 11 is 0. The predicted octanol–water partition coefficient (Wildman–Crippen LogP) is 4.12. The summed E-state index contributed by atoms with van der Waals surface area (Å²) in [6.07, 6.45) is -2.96. The van der Waals surface area contributed by atoms with Crippen LogP contribution < -0.4 is 5.56 Å². The number of alkyl halides is 3. The van der Waals surface area contributed by atoms with Crippen molar-refractivity contribution in [2.75, 3.05) is 0 Å². The second-order valence-electron chi connectivity index (χ2n) is 4.93. The number of aromatic nitrogens is 2. The maximum absolute atomic E-state index is 12.7. The minimum atomic E-state index is -4.40. The monoisotopic (exact) mass is 316 g/mol. The molecule has 1 N–H and O–H groups in total. The lowest BCUT2D eigenvalue weighted by Gasteiger charge is -2.10. The normalized spacial score (nSPS) is 11.4. The van der Waals surface area contributed by atoms with Crippen molar-refractivity contribution in [3.05, 3.63) is 76.7 Å². The number of hydrogen-bond acceptors (Lipinski definition) is 2. The third-order valence-corrected chi connectivity index (χ3v) is 3.44. The highest BCUT2D eigenvalue weighted by molar-refractivity contribution is 5.82. The van der Waals surface area contributed by atoms with E-state index in [0.29, 0.717) is 22.3 Å². The van der Waals surface area contributed by atoms with Gasteiger partial charge in [-0.2, -0.15) is 18.3 Å². The van der Waals surface area contributed by atoms with E-state index in [4.69, 9.17) is 0 Å². The summed E-state index contributed by atoms with van der Waals surface area (Å²) in [7, 11) is 0. The molecule has 0 aliphatic rings. The van der Waals surface area contributed by atoms with Crippen molar-refractivity contribution in [3.63, 3.8) is 0 Å². The Balaban J connectivity index is 2.15. The molecule has 0 bridgehead atoms. The SMILES string of the molecule is O=c1[nH]ncc(-c2ccc(C(F)(F)F)cc2)c1-c1ccccc1. The van der Waals surface area contributed by atoms with Gasteiger partial charge in [0.25, 0.3) is 5.56 Å². The summed E-state index contributed by atoms with van der Waals surface area (Å²) in [5.41, 5.74) is 0.893. The van der Waals surface area contributed by atoms with Crippen LogP contribution in [0.15, 0.2) is 65.6 Å². The average molecular weight is 316 g/mol. The fourth-order valence-corrected chi connectivity index (χ4v) is 2.35. The number of hydrogen-bond donors (Lipinski definition) is 1. The Bertz CT molecular complexity index is 869. The van der Waals surface area contributed by atoms with Crippen molar-refractivity contribution in [3.8, 4) is 22.3 Å². The van der Waals surface area contributed by atoms with E-state index in [-0.39, 0.29) is 0 Å². The van der Waals surface area contributed by atoms with E-state index in [0.717, 1.165) is 12.1 Å². The first-order valence-electron chi connectivity index (χ1n) is 6.77. The highest BCUT2D eigenvalue weighted by Crippen LogP contribution is 2.33. The summed E-state index contributed by atoms with van der Waals surface area (Å²) in [6.45, 7) is 0. The lowest BCUT2D eigenvalue weighted by molar-refractivity contribution is -0.137. The number of aromatic amines is 1. The molecule has 0 aliphatic heterocycles. The van der Waals surface area contributed by atoms with Gasteiger partial charge in [0.05, 0.1) is 17.3 Å². The summed E-state index contributed by atoms with van der Waals surface area (Å²) in [5.74, 6) is 0. The molecule has 3 rings (SSSR count). The molecule has 0 atom stereocenters. The Morgan fingerprint density at radius 1 is 0.870 bits per heavy atom. The third kappa shape index (κ3) is 3.01. The first-order valence-corrected chi connectivity index (χ1v) is 6.77. The first kappa shape index (κ1) is 15.0. The number of benzene rings is 2. The van der Waals surface area contributed by atoms with Crippen molar-refractivity contribution in [2.24, 2.45) is 0 Å². The molecular formula is C17H11F3N2O. The zero-order valence-corrected chi connectivity index (χ0v) is 11.8. The van der Waals surface area contributed by atoms with E-state index in [1.54, 1.807) is 24.3 Å². The smallest absolute Gasteiger partial charge is 0.267 e. The van der Waals surface area contributed by atoms with Gasteiger partial charge in [-0.25, -0.2) is 5.10 Å². The van der Waals surface area contributed by atoms with Crippen LogP contribution in [-0.2, 0) is 6.18 Å². The molecule has 23 heavy (non-hydrogen) atoms. The molecule has 6 heteroatoms. The molecule has 0 aliphatic carbocycles. The van der Waals surface area contributed by atoms with Gasteiger partial charge in [0.15, 0.2) is 0 Å². The van der Waals surface area contributed by atoms with Gasteiger partial charge in [0.1, 0.15) is 0 Å². The van der Waals surface area contributed by atoms with Gasteiger partial charge in [0, 0.05) is 5.56 Å². The summed E-state index contributed by atoms with van der Waals surface area (Å²) in [6, 6.07) is 13.6.